The average molecular weight is 945 g/mol. The topological polar surface area (TPSA) is 366 Å². The molecule has 0 atom stereocenters. The number of carbonyl (C=O) groups excluding carboxylic acids is 5. The number of carboxylic acid groups (broad SMARTS) is 5. The smallest absolute Gasteiger partial charge is 2.00 e. The normalized spacial score (nSPS) is 8.43. The fraction of sp³-hybridized carbons (Fsp3) is 0.250. The number of hydrogen-bond donors (Lipinski definition) is 3. The zero-order valence-corrected chi connectivity index (χ0v) is 32.3. The van der Waals surface area contributed by atoms with Crippen molar-refractivity contribution in [1.82, 2.24) is 40.8 Å². The van der Waals surface area contributed by atoms with Crippen molar-refractivity contribution in [2.75, 3.05) is 0 Å². The molecule has 0 unspecified atom stereocenters. The summed E-state index contributed by atoms with van der Waals surface area (Å²) in [5, 5.41) is 77.3. The van der Waals surface area contributed by atoms with E-state index in [0.717, 1.165) is 34.6 Å². The maximum Gasteiger partial charge on any atom is 3.00 e. The summed E-state index contributed by atoms with van der Waals surface area (Å²) in [6.45, 7) is 6.29. The van der Waals surface area contributed by atoms with Crippen LogP contribution in [0.2, 0.25) is 0 Å². The van der Waals surface area contributed by atoms with Crippen LogP contribution in [-0.4, -0.2) is 65.5 Å². The molecular weight excluding hydrogens is 912 g/mol. The minimum absolute atomic E-state index is 0. The van der Waals surface area contributed by atoms with Gasteiger partial charge in [0.1, 0.15) is 0 Å². The summed E-state index contributed by atoms with van der Waals surface area (Å²) in [4.78, 5) is 44.4. The van der Waals surface area contributed by atoms with Crippen molar-refractivity contribution in [2.24, 2.45) is 0 Å². The maximum absolute atomic E-state index is 10.7. The number of aromatic nitrogens is 8. The molecule has 30 heteroatoms. The van der Waals surface area contributed by atoms with Gasteiger partial charge >= 0.3 is 83.3 Å². The number of aliphatic carboxylic acids is 5. The largest absolute Gasteiger partial charge is 3.00 e. The van der Waals surface area contributed by atoms with Crippen molar-refractivity contribution >= 4 is 37.7 Å². The standard InChI is InChI=1S/3C3H4N2.C3H3N2.C2H3N.5C2H4O2.3Co.F6P.O/c4*1-2-4-5-3-1;1-2-3;5*1-2(3)4;;;;1-7(2,3,4,5)6;/h3*1-3H,(H,4,5);1-3H;1H3;5*1H3,(H,3,4);;;;;/q;;;-1;;;;;;;3*+3;-1;-2/p-5. The molecule has 0 aliphatic rings. The van der Waals surface area contributed by atoms with Gasteiger partial charge in [-0.1, -0.05) is 6.07 Å². The van der Waals surface area contributed by atoms with E-state index in [9.17, 15) is 25.2 Å². The third kappa shape index (κ3) is 437. The van der Waals surface area contributed by atoms with Crippen LogP contribution in [0.3, 0.4) is 0 Å². The van der Waals surface area contributed by atoms with Gasteiger partial charge in [0.25, 0.3) is 0 Å². The Morgan fingerprint density at radius 3 is 0.796 bits per heavy atom. The van der Waals surface area contributed by atoms with Crippen LogP contribution in [0.1, 0.15) is 41.5 Å². The first-order chi connectivity index (χ1) is 22.5. The first-order valence-electron chi connectivity index (χ1n) is 12.0. The number of halogens is 6. The van der Waals surface area contributed by atoms with Crippen molar-refractivity contribution in [1.29, 1.82) is 5.26 Å². The van der Waals surface area contributed by atoms with E-state index in [-0.39, 0.29) is 55.8 Å². The van der Waals surface area contributed by atoms with Gasteiger partial charge in [-0.05, 0) is 52.8 Å². The number of nitriles is 1. The number of nitrogens with one attached hydrogen (secondary N) is 3. The molecule has 4 aromatic heterocycles. The zero-order chi connectivity index (χ0) is 41.1. The van der Waals surface area contributed by atoms with Gasteiger partial charge in [0.2, 0.25) is 0 Å². The molecule has 4 rings (SSSR count). The van der Waals surface area contributed by atoms with Gasteiger partial charge in [-0.25, -0.2) is 0 Å². The quantitative estimate of drug-likeness (QED) is 0.138. The summed E-state index contributed by atoms with van der Waals surface area (Å²) < 4.78 is 59.2. The third-order valence-corrected chi connectivity index (χ3v) is 1.59. The number of hydrogen-bond acceptors (Lipinski definition) is 15. The van der Waals surface area contributed by atoms with E-state index in [0.29, 0.717) is 0 Å². The molecule has 0 saturated carbocycles. The van der Waals surface area contributed by atoms with Crippen LogP contribution in [-0.2, 0) is 79.8 Å². The van der Waals surface area contributed by atoms with E-state index in [4.69, 9.17) is 54.8 Å². The molecular formula is C24H33Co3F6N9O11P. The van der Waals surface area contributed by atoms with Crippen molar-refractivity contribution in [3.8, 4) is 6.07 Å². The van der Waals surface area contributed by atoms with E-state index < -0.39 is 37.7 Å². The Kier molecular flexibility index (Phi) is 72.9. The molecule has 4 aromatic rings. The molecule has 0 spiro atoms. The van der Waals surface area contributed by atoms with Gasteiger partial charge in [-0.15, -0.1) is 0 Å². The predicted octanol–water partition coefficient (Wildman–Crippen LogP) is -1.17. The second-order valence-electron chi connectivity index (χ2n) is 6.66. The Balaban J connectivity index is -0.0000000418. The fourth-order valence-corrected chi connectivity index (χ4v) is 0.838. The molecule has 54 heavy (non-hydrogen) atoms. The summed E-state index contributed by atoms with van der Waals surface area (Å²) in [7, 11) is -10.7. The molecule has 0 bridgehead atoms. The predicted molar refractivity (Wildman–Crippen MR) is 152 cm³/mol. The summed E-state index contributed by atoms with van der Waals surface area (Å²) >= 11 is 0. The number of nitrogens with zero attached hydrogens (tertiary/aromatic N) is 6. The van der Waals surface area contributed by atoms with Crippen molar-refractivity contribution in [3.63, 3.8) is 0 Å². The number of carboxylic acids is 5. The summed E-state index contributed by atoms with van der Waals surface area (Å²) in [6.07, 6.45) is 13.7. The van der Waals surface area contributed by atoms with Gasteiger partial charge in [0.15, 0.2) is 0 Å². The van der Waals surface area contributed by atoms with Crippen LogP contribution < -0.4 is 30.6 Å². The molecule has 0 aliphatic heterocycles. The zero-order valence-electron chi connectivity index (χ0n) is 28.3. The first-order valence-corrected chi connectivity index (χ1v) is 14.0. The minimum atomic E-state index is -10.7. The van der Waals surface area contributed by atoms with Crippen LogP contribution in [0.15, 0.2) is 73.8 Å². The molecule has 0 amide bonds. The van der Waals surface area contributed by atoms with Crippen LogP contribution in [0, 0.1) is 11.3 Å². The van der Waals surface area contributed by atoms with E-state index in [1.54, 1.807) is 61.7 Å². The fourth-order valence-electron chi connectivity index (χ4n) is 0.838. The average Bonchev–Trinajstić information content (AvgIpc) is 3.75. The molecule has 20 nitrogen and oxygen atoms in total. The SMILES string of the molecule is CC#N.CC(=O)[O-].CC(=O)[O-].CC(=O)[O-].CC(=O)[O-].CC(=O)[O-].F[P-](F)(F)(F)(F)F.[Co+3].[Co+3].[Co+3].[O-2].c1cn[n-]c1.c1cn[nH]c1.c1cn[nH]c1.c1cn[nH]c1. The van der Waals surface area contributed by atoms with E-state index >= 15 is 0 Å². The van der Waals surface area contributed by atoms with E-state index in [1.807, 2.05) is 18.2 Å². The molecule has 0 aliphatic carbocycles. The van der Waals surface area contributed by atoms with E-state index in [1.165, 1.54) is 6.92 Å². The van der Waals surface area contributed by atoms with E-state index in [2.05, 4.69) is 40.8 Å². The second kappa shape index (κ2) is 50.3. The molecule has 0 saturated heterocycles. The first kappa shape index (κ1) is 78.3. The Bertz CT molecular complexity index is 1050. The molecule has 0 fully saturated rings. The summed E-state index contributed by atoms with van der Waals surface area (Å²) in [6, 6.07) is 9.03. The van der Waals surface area contributed by atoms with Gasteiger partial charge < -0.3 is 65.2 Å². The van der Waals surface area contributed by atoms with Crippen LogP contribution in [0.5, 0.6) is 0 Å². The second-order valence-corrected chi connectivity index (χ2v) is 8.58. The summed E-state index contributed by atoms with van der Waals surface area (Å²) in [5.41, 5.74) is 0. The van der Waals surface area contributed by atoms with Crippen molar-refractivity contribution < 1.29 is 130 Å². The van der Waals surface area contributed by atoms with Crippen molar-refractivity contribution in [3.05, 3.63) is 73.8 Å². The van der Waals surface area contributed by atoms with Gasteiger partial charge in [-0.3, -0.25) is 15.3 Å². The van der Waals surface area contributed by atoms with Gasteiger partial charge in [0, 0.05) is 80.1 Å². The van der Waals surface area contributed by atoms with Crippen LogP contribution in [0.25, 0.3) is 0 Å². The third-order valence-electron chi connectivity index (χ3n) is 1.59. The molecule has 314 valence electrons. The Hall–Kier alpha value is -4.83. The van der Waals surface area contributed by atoms with Crippen molar-refractivity contribution in [2.45, 2.75) is 41.5 Å². The Labute approximate surface area is 334 Å². The minimum Gasteiger partial charge on any atom is -2.00 e. The Morgan fingerprint density at radius 2 is 0.759 bits per heavy atom. The maximum atomic E-state index is 9.87. The number of carbonyl (C=O) groups is 5. The van der Waals surface area contributed by atoms with Gasteiger partial charge in [-0.2, -0.15) is 26.8 Å². The monoisotopic (exact) mass is 945 g/mol. The molecule has 0 aromatic carbocycles. The number of rotatable bonds is 0. The number of H-pyrrole nitrogens is 3. The van der Waals surface area contributed by atoms with Crippen LogP contribution in [0.4, 0.5) is 25.2 Å². The molecule has 0 radical (unpaired) electrons. The number of aromatic amines is 3. The van der Waals surface area contributed by atoms with Gasteiger partial charge in [0.05, 0.1) is 6.07 Å². The molecule has 3 N–H and O–H groups in total. The Morgan fingerprint density at radius 1 is 0.574 bits per heavy atom. The van der Waals surface area contributed by atoms with Crippen LogP contribution >= 0.6 is 7.81 Å². The molecule has 4 heterocycles. The summed E-state index contributed by atoms with van der Waals surface area (Å²) in [5.74, 6) is -5.42.